The first-order valence-corrected chi connectivity index (χ1v) is 8.99. The number of anilines is 1. The molecule has 1 heterocycles. The van der Waals surface area contributed by atoms with E-state index in [1.165, 1.54) is 4.31 Å². The number of rotatable bonds is 9. The maximum atomic E-state index is 12.3. The van der Waals surface area contributed by atoms with Crippen LogP contribution in [0, 0.1) is 0 Å². The lowest BCUT2D eigenvalue weighted by molar-refractivity contribution is 0.415. The molecule has 0 unspecified atom stereocenters. The molecule has 0 aliphatic heterocycles. The summed E-state index contributed by atoms with van der Waals surface area (Å²) >= 11 is 0. The van der Waals surface area contributed by atoms with E-state index < -0.39 is 10.2 Å². The second-order valence-corrected chi connectivity index (χ2v) is 6.71. The van der Waals surface area contributed by atoms with Gasteiger partial charge in [-0.05, 0) is 17.7 Å². The van der Waals surface area contributed by atoms with Crippen LogP contribution in [0.15, 0.2) is 54.7 Å². The molecule has 0 aliphatic carbocycles. The van der Waals surface area contributed by atoms with E-state index in [1.54, 1.807) is 6.20 Å². The van der Waals surface area contributed by atoms with Crippen LogP contribution in [0.1, 0.15) is 12.5 Å². The molecule has 0 saturated heterocycles. The SMILES string of the molecule is CCN(Cc1ccccc1)S(=O)(=O)NCCNc1ccccn1. The monoisotopic (exact) mass is 334 g/mol. The third-order valence-corrected chi connectivity index (χ3v) is 4.91. The molecule has 0 fully saturated rings. The van der Waals surface area contributed by atoms with Crippen LogP contribution in [0.5, 0.6) is 0 Å². The summed E-state index contributed by atoms with van der Waals surface area (Å²) < 4.78 is 28.7. The van der Waals surface area contributed by atoms with E-state index in [9.17, 15) is 8.42 Å². The van der Waals surface area contributed by atoms with E-state index in [0.29, 0.717) is 26.2 Å². The Labute approximate surface area is 137 Å². The predicted octanol–water partition coefficient (Wildman–Crippen LogP) is 1.85. The zero-order valence-electron chi connectivity index (χ0n) is 13.1. The molecule has 2 N–H and O–H groups in total. The van der Waals surface area contributed by atoms with Gasteiger partial charge in [-0.25, -0.2) is 9.71 Å². The molecule has 0 atom stereocenters. The smallest absolute Gasteiger partial charge is 0.279 e. The topological polar surface area (TPSA) is 74.3 Å². The van der Waals surface area contributed by atoms with Gasteiger partial charge in [0.1, 0.15) is 5.82 Å². The summed E-state index contributed by atoms with van der Waals surface area (Å²) in [5.41, 5.74) is 0.964. The number of benzene rings is 1. The molecule has 7 heteroatoms. The van der Waals surface area contributed by atoms with Crippen LogP contribution in [0.25, 0.3) is 0 Å². The van der Waals surface area contributed by atoms with Gasteiger partial charge >= 0.3 is 0 Å². The fourth-order valence-electron chi connectivity index (χ4n) is 2.08. The van der Waals surface area contributed by atoms with E-state index in [1.807, 2.05) is 55.5 Å². The van der Waals surface area contributed by atoms with Crippen LogP contribution in [0.4, 0.5) is 5.82 Å². The van der Waals surface area contributed by atoms with Gasteiger partial charge in [0, 0.05) is 32.4 Å². The molecule has 0 bridgehead atoms. The third-order valence-electron chi connectivity index (χ3n) is 3.27. The lowest BCUT2D eigenvalue weighted by atomic mass is 10.2. The van der Waals surface area contributed by atoms with Crippen LogP contribution in [-0.4, -0.2) is 37.3 Å². The molecule has 2 rings (SSSR count). The Morgan fingerprint density at radius 3 is 2.43 bits per heavy atom. The van der Waals surface area contributed by atoms with Gasteiger partial charge in [-0.2, -0.15) is 12.7 Å². The minimum absolute atomic E-state index is 0.296. The molecule has 6 nitrogen and oxygen atoms in total. The van der Waals surface area contributed by atoms with Gasteiger partial charge in [0.2, 0.25) is 0 Å². The summed E-state index contributed by atoms with van der Waals surface area (Å²) in [6.45, 7) is 3.37. The van der Waals surface area contributed by atoms with Gasteiger partial charge in [-0.3, -0.25) is 0 Å². The largest absolute Gasteiger partial charge is 0.369 e. The maximum absolute atomic E-state index is 12.3. The highest BCUT2D eigenvalue weighted by atomic mass is 32.2. The van der Waals surface area contributed by atoms with Crippen molar-refractivity contribution in [2.75, 3.05) is 25.0 Å². The molecule has 23 heavy (non-hydrogen) atoms. The normalized spacial score (nSPS) is 11.6. The number of hydrogen-bond acceptors (Lipinski definition) is 4. The minimum atomic E-state index is -3.50. The van der Waals surface area contributed by atoms with Crippen molar-refractivity contribution in [3.63, 3.8) is 0 Å². The Morgan fingerprint density at radius 2 is 1.78 bits per heavy atom. The van der Waals surface area contributed by atoms with Crippen LogP contribution in [0.2, 0.25) is 0 Å². The molecule has 124 valence electrons. The van der Waals surface area contributed by atoms with E-state index in [-0.39, 0.29) is 0 Å². The van der Waals surface area contributed by atoms with Gasteiger partial charge in [0.05, 0.1) is 0 Å². The van der Waals surface area contributed by atoms with Crippen LogP contribution in [-0.2, 0) is 16.8 Å². The Balaban J connectivity index is 1.84. The van der Waals surface area contributed by atoms with E-state index >= 15 is 0 Å². The van der Waals surface area contributed by atoms with Crippen molar-refractivity contribution >= 4 is 16.0 Å². The highest BCUT2D eigenvalue weighted by Crippen LogP contribution is 2.07. The van der Waals surface area contributed by atoms with Gasteiger partial charge < -0.3 is 5.32 Å². The molecule has 1 aromatic heterocycles. The summed E-state index contributed by atoms with van der Waals surface area (Å²) in [4.78, 5) is 4.12. The Bertz CT molecular complexity index is 678. The predicted molar refractivity (Wildman–Crippen MR) is 92.2 cm³/mol. The standard InChI is InChI=1S/C16H22N4O2S/c1-2-20(14-15-8-4-3-5-9-15)23(21,22)19-13-12-18-16-10-6-7-11-17-16/h3-11,19H,2,12-14H2,1H3,(H,17,18). The lowest BCUT2D eigenvalue weighted by Gasteiger charge is -2.21. The van der Waals surface area contributed by atoms with Crippen molar-refractivity contribution in [1.29, 1.82) is 0 Å². The van der Waals surface area contributed by atoms with Crippen molar-refractivity contribution in [3.8, 4) is 0 Å². The second-order valence-electron chi connectivity index (χ2n) is 4.95. The van der Waals surface area contributed by atoms with Gasteiger partial charge in [-0.15, -0.1) is 0 Å². The van der Waals surface area contributed by atoms with Crippen LogP contribution >= 0.6 is 0 Å². The second kappa shape index (κ2) is 8.61. The highest BCUT2D eigenvalue weighted by molar-refractivity contribution is 7.87. The van der Waals surface area contributed by atoms with Crippen molar-refractivity contribution in [2.45, 2.75) is 13.5 Å². The average molecular weight is 334 g/mol. The molecule has 0 spiro atoms. The van der Waals surface area contributed by atoms with Crippen molar-refractivity contribution in [2.24, 2.45) is 0 Å². The van der Waals surface area contributed by atoms with Crippen LogP contribution < -0.4 is 10.0 Å². The van der Waals surface area contributed by atoms with Gasteiger partial charge in [-0.1, -0.05) is 43.3 Å². The molecule has 0 radical (unpaired) electrons. The Hall–Kier alpha value is -1.96. The molecular weight excluding hydrogens is 312 g/mol. The third kappa shape index (κ3) is 5.63. The molecular formula is C16H22N4O2S. The highest BCUT2D eigenvalue weighted by Gasteiger charge is 2.19. The minimum Gasteiger partial charge on any atom is -0.369 e. The lowest BCUT2D eigenvalue weighted by Crippen LogP contribution is -2.41. The first kappa shape index (κ1) is 17.4. The van der Waals surface area contributed by atoms with Crippen molar-refractivity contribution < 1.29 is 8.42 Å². The molecule has 2 aromatic rings. The Kier molecular flexibility index (Phi) is 6.52. The number of pyridine rings is 1. The summed E-state index contributed by atoms with van der Waals surface area (Å²) in [6.07, 6.45) is 1.69. The van der Waals surface area contributed by atoms with E-state index in [4.69, 9.17) is 0 Å². The summed E-state index contributed by atoms with van der Waals surface area (Å²) in [5, 5.41) is 3.07. The van der Waals surface area contributed by atoms with Crippen molar-refractivity contribution in [3.05, 3.63) is 60.3 Å². The Morgan fingerprint density at radius 1 is 1.04 bits per heavy atom. The zero-order chi connectivity index (χ0) is 16.5. The van der Waals surface area contributed by atoms with Crippen LogP contribution in [0.3, 0.4) is 0 Å². The van der Waals surface area contributed by atoms with E-state index in [0.717, 1.165) is 11.4 Å². The van der Waals surface area contributed by atoms with Gasteiger partial charge in [0.15, 0.2) is 0 Å². The zero-order valence-corrected chi connectivity index (χ0v) is 14.0. The fourth-order valence-corrected chi connectivity index (χ4v) is 3.28. The number of nitrogens with one attached hydrogen (secondary N) is 2. The number of nitrogens with zero attached hydrogens (tertiary/aromatic N) is 2. The molecule has 0 aliphatic rings. The molecule has 0 amide bonds. The first-order chi connectivity index (χ1) is 11.1. The van der Waals surface area contributed by atoms with E-state index in [2.05, 4.69) is 15.0 Å². The number of aromatic nitrogens is 1. The average Bonchev–Trinajstić information content (AvgIpc) is 2.58. The van der Waals surface area contributed by atoms with Gasteiger partial charge in [0.25, 0.3) is 10.2 Å². The molecule has 1 aromatic carbocycles. The summed E-state index contributed by atoms with van der Waals surface area (Å²) in [7, 11) is -3.50. The molecule has 0 saturated carbocycles. The van der Waals surface area contributed by atoms with Crippen molar-refractivity contribution in [1.82, 2.24) is 14.0 Å². The number of hydrogen-bond donors (Lipinski definition) is 2. The summed E-state index contributed by atoms with van der Waals surface area (Å²) in [6, 6.07) is 15.1. The first-order valence-electron chi connectivity index (χ1n) is 7.55. The summed E-state index contributed by atoms with van der Waals surface area (Å²) in [5.74, 6) is 0.725. The maximum Gasteiger partial charge on any atom is 0.279 e. The quantitative estimate of drug-likeness (QED) is 0.686. The fraction of sp³-hybridized carbons (Fsp3) is 0.312.